The van der Waals surface area contributed by atoms with Crippen LogP contribution in [0.4, 0.5) is 0 Å². The van der Waals surface area contributed by atoms with Crippen LogP contribution in [0.2, 0.25) is 0 Å². The van der Waals surface area contributed by atoms with E-state index in [4.69, 9.17) is 5.11 Å². The van der Waals surface area contributed by atoms with Crippen LogP contribution in [0.15, 0.2) is 29.3 Å². The quantitative estimate of drug-likeness (QED) is 0.558. The van der Waals surface area contributed by atoms with Crippen molar-refractivity contribution in [2.24, 2.45) is 4.99 Å². The fourth-order valence-corrected chi connectivity index (χ4v) is 1.73. The van der Waals surface area contributed by atoms with Gasteiger partial charge in [-0.05, 0) is 12.1 Å². The monoisotopic (exact) mass is 262 g/mol. The van der Waals surface area contributed by atoms with Crippen LogP contribution in [0.3, 0.4) is 0 Å². The first kappa shape index (κ1) is 12.7. The first-order chi connectivity index (χ1) is 8.91. The summed E-state index contributed by atoms with van der Waals surface area (Å²) >= 11 is 0. The van der Waals surface area contributed by atoms with Gasteiger partial charge >= 0.3 is 5.97 Å². The number of rotatable bonds is 2. The predicted octanol–water partition coefficient (Wildman–Crippen LogP) is -0.367. The number of nitrogens with zero attached hydrogens (tertiary/aromatic N) is 2. The Kier molecular flexibility index (Phi) is 3.04. The fraction of sp³-hybridized carbons (Fsp3) is 0.167. The number of ketones is 1. The van der Waals surface area contributed by atoms with Gasteiger partial charge < -0.3 is 10.2 Å². The Bertz CT molecular complexity index is 608. The van der Waals surface area contributed by atoms with E-state index in [-0.39, 0.29) is 11.6 Å². The molecule has 0 saturated carbocycles. The van der Waals surface area contributed by atoms with Gasteiger partial charge in [-0.15, -0.1) is 0 Å². The summed E-state index contributed by atoms with van der Waals surface area (Å²) in [6, 6.07) is 4.10. The number of carboxylic acids is 1. The van der Waals surface area contributed by atoms with Crippen molar-refractivity contribution in [3.63, 3.8) is 0 Å². The molecule has 1 aromatic carbocycles. The number of carbonyl (C=O) groups excluding carboxylic acids is 2. The SMILES string of the molecule is CN1C(=O)C(=O)C(C(=O)O)N=C1c1cccc(O)c1. The number of benzene rings is 1. The highest BCUT2D eigenvalue weighted by Gasteiger charge is 2.39. The third kappa shape index (κ3) is 2.17. The van der Waals surface area contributed by atoms with Gasteiger partial charge in [-0.1, -0.05) is 12.1 Å². The number of hydrogen-bond donors (Lipinski definition) is 2. The minimum atomic E-state index is -1.74. The highest BCUT2D eigenvalue weighted by Crippen LogP contribution is 2.17. The van der Waals surface area contributed by atoms with Gasteiger partial charge in [0.15, 0.2) is 0 Å². The average Bonchev–Trinajstić information content (AvgIpc) is 2.36. The van der Waals surface area contributed by atoms with Crippen LogP contribution >= 0.6 is 0 Å². The van der Waals surface area contributed by atoms with Gasteiger partial charge in [0.05, 0.1) is 0 Å². The molecule has 1 aliphatic rings. The number of likely N-dealkylation sites (N-methyl/N-ethyl adjacent to an activating group) is 1. The second-order valence-corrected chi connectivity index (χ2v) is 3.97. The van der Waals surface area contributed by atoms with Crippen molar-refractivity contribution in [1.82, 2.24) is 4.90 Å². The van der Waals surface area contributed by atoms with Gasteiger partial charge in [-0.3, -0.25) is 14.5 Å². The van der Waals surface area contributed by atoms with Gasteiger partial charge in [0, 0.05) is 12.6 Å². The van der Waals surface area contributed by atoms with E-state index in [2.05, 4.69) is 4.99 Å². The largest absolute Gasteiger partial charge is 0.508 e. The van der Waals surface area contributed by atoms with Crippen LogP contribution in [-0.2, 0) is 14.4 Å². The number of Topliss-reactive ketones (excluding diaryl/α,β-unsaturated/α-hetero) is 1. The minimum absolute atomic E-state index is 0.0351. The van der Waals surface area contributed by atoms with Gasteiger partial charge in [0.2, 0.25) is 6.04 Å². The molecule has 98 valence electrons. The van der Waals surface area contributed by atoms with E-state index in [1.165, 1.54) is 25.2 Å². The van der Waals surface area contributed by atoms with E-state index < -0.39 is 23.7 Å². The number of amides is 1. The topological polar surface area (TPSA) is 107 Å². The Morgan fingerprint density at radius 2 is 2.05 bits per heavy atom. The number of phenolic OH excluding ortho intramolecular Hbond substituents is 1. The molecule has 0 saturated heterocycles. The van der Waals surface area contributed by atoms with Crippen molar-refractivity contribution >= 4 is 23.5 Å². The van der Waals surface area contributed by atoms with E-state index in [0.717, 1.165) is 4.90 Å². The molecule has 7 heteroatoms. The van der Waals surface area contributed by atoms with Crippen LogP contribution in [0, 0.1) is 0 Å². The van der Waals surface area contributed by atoms with Crippen LogP contribution in [-0.4, -0.2) is 51.7 Å². The highest BCUT2D eigenvalue weighted by molar-refractivity contribution is 6.46. The molecule has 2 N–H and O–H groups in total. The zero-order chi connectivity index (χ0) is 14.2. The molecule has 1 aliphatic heterocycles. The smallest absolute Gasteiger partial charge is 0.336 e. The lowest BCUT2D eigenvalue weighted by molar-refractivity contribution is -0.149. The van der Waals surface area contributed by atoms with Gasteiger partial charge in [-0.2, -0.15) is 0 Å². The molecule has 0 fully saturated rings. The molecule has 0 bridgehead atoms. The van der Waals surface area contributed by atoms with E-state index in [1.807, 2.05) is 0 Å². The molecule has 19 heavy (non-hydrogen) atoms. The van der Waals surface area contributed by atoms with E-state index in [0.29, 0.717) is 5.56 Å². The molecule has 0 radical (unpaired) electrons. The summed E-state index contributed by atoms with van der Waals surface area (Å²) in [5.74, 6) is -3.53. The summed E-state index contributed by atoms with van der Waals surface area (Å²) in [6.45, 7) is 0. The third-order valence-electron chi connectivity index (χ3n) is 2.67. The lowest BCUT2D eigenvalue weighted by Crippen LogP contribution is -2.50. The molecule has 2 rings (SSSR count). The highest BCUT2D eigenvalue weighted by atomic mass is 16.4. The molecule has 1 unspecified atom stereocenters. The van der Waals surface area contributed by atoms with Crippen LogP contribution in [0.25, 0.3) is 0 Å². The molecule has 0 aliphatic carbocycles. The average molecular weight is 262 g/mol. The lowest BCUT2D eigenvalue weighted by atomic mass is 10.1. The standard InChI is InChI=1S/C12H10N2O5/c1-14-10(6-3-2-4-7(15)5-6)13-8(12(18)19)9(16)11(14)17/h2-5,8,15H,1H3,(H,18,19). The molecule has 1 aromatic rings. The molecule has 1 heterocycles. The summed E-state index contributed by atoms with van der Waals surface area (Å²) in [5, 5.41) is 18.3. The number of amidine groups is 1. The predicted molar refractivity (Wildman–Crippen MR) is 63.8 cm³/mol. The maximum absolute atomic E-state index is 11.7. The van der Waals surface area contributed by atoms with Crippen molar-refractivity contribution < 1.29 is 24.6 Å². The maximum Gasteiger partial charge on any atom is 0.336 e. The second kappa shape index (κ2) is 4.52. The zero-order valence-electron chi connectivity index (χ0n) is 9.90. The molecule has 7 nitrogen and oxygen atoms in total. The van der Waals surface area contributed by atoms with E-state index in [1.54, 1.807) is 6.07 Å². The molecule has 0 spiro atoms. The van der Waals surface area contributed by atoms with Gasteiger partial charge in [0.25, 0.3) is 11.7 Å². The number of aliphatic imine (C=N–C) groups is 1. The number of phenols is 1. The van der Waals surface area contributed by atoms with Crippen molar-refractivity contribution in [3.05, 3.63) is 29.8 Å². The summed E-state index contributed by atoms with van der Waals surface area (Å²) in [7, 11) is 1.32. The number of carbonyl (C=O) groups is 3. The van der Waals surface area contributed by atoms with Crippen molar-refractivity contribution in [1.29, 1.82) is 0 Å². The number of aliphatic carboxylic acids is 1. The Balaban J connectivity index is 2.54. The Labute approximate surface area is 107 Å². The number of hydrogen-bond acceptors (Lipinski definition) is 5. The number of aromatic hydroxyl groups is 1. The summed E-state index contributed by atoms with van der Waals surface area (Å²) in [4.78, 5) is 38.8. The third-order valence-corrected chi connectivity index (χ3v) is 2.67. The second-order valence-electron chi connectivity index (χ2n) is 3.97. The Hall–Kier alpha value is -2.70. The van der Waals surface area contributed by atoms with Crippen molar-refractivity contribution in [2.75, 3.05) is 7.05 Å². The van der Waals surface area contributed by atoms with Crippen molar-refractivity contribution in [3.8, 4) is 5.75 Å². The molecule has 1 amide bonds. The Morgan fingerprint density at radius 3 is 2.63 bits per heavy atom. The van der Waals surface area contributed by atoms with E-state index >= 15 is 0 Å². The van der Waals surface area contributed by atoms with E-state index in [9.17, 15) is 19.5 Å². The van der Waals surface area contributed by atoms with Crippen LogP contribution in [0.5, 0.6) is 5.75 Å². The van der Waals surface area contributed by atoms with Crippen LogP contribution in [0.1, 0.15) is 5.56 Å². The molecule has 1 atom stereocenters. The molecule has 0 aromatic heterocycles. The van der Waals surface area contributed by atoms with Gasteiger partial charge in [-0.25, -0.2) is 9.79 Å². The van der Waals surface area contributed by atoms with Crippen LogP contribution < -0.4 is 0 Å². The number of carboxylic acid groups (broad SMARTS) is 1. The summed E-state index contributed by atoms with van der Waals surface area (Å²) < 4.78 is 0. The Morgan fingerprint density at radius 1 is 1.37 bits per heavy atom. The normalized spacial score (nSPS) is 19.3. The summed E-state index contributed by atoms with van der Waals surface area (Å²) in [5.41, 5.74) is 0.356. The van der Waals surface area contributed by atoms with Gasteiger partial charge in [0.1, 0.15) is 11.6 Å². The first-order valence-corrected chi connectivity index (χ1v) is 5.33. The fourth-order valence-electron chi connectivity index (χ4n) is 1.73. The zero-order valence-corrected chi connectivity index (χ0v) is 9.90. The molecular weight excluding hydrogens is 252 g/mol. The van der Waals surface area contributed by atoms with Crippen molar-refractivity contribution in [2.45, 2.75) is 6.04 Å². The summed E-state index contributed by atoms with van der Waals surface area (Å²) in [6.07, 6.45) is 0. The minimum Gasteiger partial charge on any atom is -0.508 e. The maximum atomic E-state index is 11.7. The molecular formula is C12H10N2O5. The first-order valence-electron chi connectivity index (χ1n) is 5.33. The lowest BCUT2D eigenvalue weighted by Gasteiger charge is -2.25.